The molecule has 0 N–H and O–H groups in total. The van der Waals surface area contributed by atoms with Gasteiger partial charge in [-0.2, -0.15) is 0 Å². The second-order valence-electron chi connectivity index (χ2n) is 4.06. The maximum absolute atomic E-state index is 11.1. The number of rotatable bonds is 6. The molecule has 0 saturated heterocycles. The van der Waals surface area contributed by atoms with Crippen molar-refractivity contribution >= 4 is 12.2 Å². The van der Waals surface area contributed by atoms with E-state index in [0.29, 0.717) is 26.0 Å². The molecule has 0 atom stereocenters. The molecule has 0 saturated carbocycles. The number of ether oxygens (including phenoxy) is 3. The first-order valence-electron chi connectivity index (χ1n) is 6.34. The Hall–Kier alpha value is -2.04. The lowest BCUT2D eigenvalue weighted by molar-refractivity contribution is -0.143. The van der Waals surface area contributed by atoms with Gasteiger partial charge in [-0.05, 0) is 37.1 Å². The van der Waals surface area contributed by atoms with Crippen molar-refractivity contribution in [2.45, 2.75) is 19.8 Å². The Kier molecular flexibility index (Phi) is 4.78. The van der Waals surface area contributed by atoms with Gasteiger partial charge in [-0.3, -0.25) is 9.79 Å². The van der Waals surface area contributed by atoms with E-state index in [0.717, 1.165) is 17.1 Å². The zero-order valence-corrected chi connectivity index (χ0v) is 10.9. The zero-order chi connectivity index (χ0) is 13.5. The standard InChI is InChI=1S/C14H17NO4/c1-2-17-14(16)4-3-7-15-9-11-5-6-12-13(8-11)19-10-18-12/h5-6,8-9H,2-4,7,10H2,1H3. The average Bonchev–Trinajstić information content (AvgIpc) is 2.86. The van der Waals surface area contributed by atoms with Gasteiger partial charge in [0.05, 0.1) is 6.61 Å². The Bertz CT molecular complexity index is 471. The number of aliphatic imine (C=N–C) groups is 1. The number of hydrogen-bond acceptors (Lipinski definition) is 5. The summed E-state index contributed by atoms with van der Waals surface area (Å²) in [4.78, 5) is 15.4. The van der Waals surface area contributed by atoms with Gasteiger partial charge in [0.1, 0.15) is 0 Å². The summed E-state index contributed by atoms with van der Waals surface area (Å²) in [6.45, 7) is 3.11. The normalized spacial score (nSPS) is 12.9. The van der Waals surface area contributed by atoms with E-state index < -0.39 is 0 Å². The van der Waals surface area contributed by atoms with Crippen LogP contribution in [0, 0.1) is 0 Å². The van der Waals surface area contributed by atoms with Crippen LogP contribution in [0.25, 0.3) is 0 Å². The Morgan fingerprint density at radius 3 is 3.11 bits per heavy atom. The topological polar surface area (TPSA) is 57.1 Å². The number of nitrogens with zero attached hydrogens (tertiary/aromatic N) is 1. The summed E-state index contributed by atoms with van der Waals surface area (Å²) in [6, 6.07) is 5.67. The number of carbonyl (C=O) groups is 1. The number of hydrogen-bond donors (Lipinski definition) is 0. The van der Waals surface area contributed by atoms with E-state index >= 15 is 0 Å². The predicted molar refractivity (Wildman–Crippen MR) is 70.9 cm³/mol. The summed E-state index contributed by atoms with van der Waals surface area (Å²) in [6.07, 6.45) is 2.87. The first-order valence-corrected chi connectivity index (χ1v) is 6.34. The molecule has 1 aromatic rings. The Labute approximate surface area is 112 Å². The molecule has 0 amide bonds. The van der Waals surface area contributed by atoms with Crippen LogP contribution in [0.15, 0.2) is 23.2 Å². The third kappa shape index (κ3) is 3.98. The van der Waals surface area contributed by atoms with Crippen molar-refractivity contribution in [3.63, 3.8) is 0 Å². The van der Waals surface area contributed by atoms with Gasteiger partial charge >= 0.3 is 5.97 Å². The molecule has 0 radical (unpaired) electrons. The Morgan fingerprint density at radius 1 is 1.42 bits per heavy atom. The number of carbonyl (C=O) groups excluding carboxylic acids is 1. The van der Waals surface area contributed by atoms with Crippen molar-refractivity contribution in [3.8, 4) is 11.5 Å². The van der Waals surface area contributed by atoms with Gasteiger partial charge in [-0.25, -0.2) is 0 Å². The van der Waals surface area contributed by atoms with E-state index in [2.05, 4.69) is 4.99 Å². The van der Waals surface area contributed by atoms with E-state index in [9.17, 15) is 4.79 Å². The molecule has 1 aromatic carbocycles. The molecule has 5 heteroatoms. The van der Waals surface area contributed by atoms with Gasteiger partial charge in [-0.15, -0.1) is 0 Å². The zero-order valence-electron chi connectivity index (χ0n) is 10.9. The van der Waals surface area contributed by atoms with Gasteiger partial charge in [0.25, 0.3) is 0 Å². The van der Waals surface area contributed by atoms with Gasteiger partial charge < -0.3 is 14.2 Å². The van der Waals surface area contributed by atoms with E-state index in [1.807, 2.05) is 18.2 Å². The summed E-state index contributed by atoms with van der Waals surface area (Å²) in [7, 11) is 0. The van der Waals surface area contributed by atoms with Crippen LogP contribution in [0.3, 0.4) is 0 Å². The van der Waals surface area contributed by atoms with E-state index in [4.69, 9.17) is 14.2 Å². The van der Waals surface area contributed by atoms with Crippen LogP contribution in [-0.4, -0.2) is 32.1 Å². The molecule has 0 spiro atoms. The highest BCUT2D eigenvalue weighted by atomic mass is 16.7. The Balaban J connectivity index is 1.75. The maximum atomic E-state index is 11.1. The highest BCUT2D eigenvalue weighted by Crippen LogP contribution is 2.31. The van der Waals surface area contributed by atoms with Crippen LogP contribution in [0.2, 0.25) is 0 Å². The fourth-order valence-corrected chi connectivity index (χ4v) is 1.71. The van der Waals surface area contributed by atoms with Crippen LogP contribution in [0.4, 0.5) is 0 Å². The predicted octanol–water partition coefficient (Wildman–Crippen LogP) is 2.18. The molecule has 102 valence electrons. The molecule has 0 bridgehead atoms. The fourth-order valence-electron chi connectivity index (χ4n) is 1.71. The van der Waals surface area contributed by atoms with E-state index in [1.165, 1.54) is 0 Å². The molecule has 19 heavy (non-hydrogen) atoms. The van der Waals surface area contributed by atoms with Gasteiger partial charge in [0, 0.05) is 19.2 Å². The third-order valence-corrected chi connectivity index (χ3v) is 2.61. The largest absolute Gasteiger partial charge is 0.466 e. The highest BCUT2D eigenvalue weighted by molar-refractivity contribution is 5.81. The maximum Gasteiger partial charge on any atom is 0.305 e. The van der Waals surface area contributed by atoms with Crippen molar-refractivity contribution in [3.05, 3.63) is 23.8 Å². The molecule has 1 aliphatic heterocycles. The minimum Gasteiger partial charge on any atom is -0.466 e. The molecule has 2 rings (SSSR count). The molecular weight excluding hydrogens is 246 g/mol. The molecule has 1 aliphatic rings. The summed E-state index contributed by atoms with van der Waals surface area (Å²) in [5.41, 5.74) is 0.959. The number of benzene rings is 1. The van der Waals surface area contributed by atoms with Crippen LogP contribution in [0.1, 0.15) is 25.3 Å². The van der Waals surface area contributed by atoms with Crippen molar-refractivity contribution < 1.29 is 19.0 Å². The molecule has 0 unspecified atom stereocenters. The second kappa shape index (κ2) is 6.78. The van der Waals surface area contributed by atoms with Crippen LogP contribution < -0.4 is 9.47 Å². The molecular formula is C14H17NO4. The summed E-state index contributed by atoms with van der Waals surface area (Å²) in [5, 5.41) is 0. The number of esters is 1. The lowest BCUT2D eigenvalue weighted by Gasteiger charge is -1.99. The highest BCUT2D eigenvalue weighted by Gasteiger charge is 2.12. The van der Waals surface area contributed by atoms with E-state index in [1.54, 1.807) is 13.1 Å². The minimum atomic E-state index is -0.166. The summed E-state index contributed by atoms with van der Waals surface area (Å²) >= 11 is 0. The fraction of sp³-hybridized carbons (Fsp3) is 0.429. The van der Waals surface area contributed by atoms with Crippen LogP contribution in [0.5, 0.6) is 11.5 Å². The number of fused-ring (bicyclic) bond motifs is 1. The first-order chi connectivity index (χ1) is 9.29. The van der Waals surface area contributed by atoms with Crippen molar-refractivity contribution in [2.75, 3.05) is 19.9 Å². The Morgan fingerprint density at radius 2 is 2.26 bits per heavy atom. The molecule has 0 aromatic heterocycles. The first kappa shape index (κ1) is 13.4. The van der Waals surface area contributed by atoms with Crippen molar-refractivity contribution in [1.82, 2.24) is 0 Å². The smallest absolute Gasteiger partial charge is 0.305 e. The molecule has 0 aliphatic carbocycles. The SMILES string of the molecule is CCOC(=O)CCCN=Cc1ccc2c(c1)OCO2. The van der Waals surface area contributed by atoms with Crippen molar-refractivity contribution in [1.29, 1.82) is 0 Å². The summed E-state index contributed by atoms with van der Waals surface area (Å²) < 4.78 is 15.3. The quantitative estimate of drug-likeness (QED) is 0.448. The lowest BCUT2D eigenvalue weighted by Crippen LogP contribution is -2.04. The van der Waals surface area contributed by atoms with Crippen LogP contribution in [-0.2, 0) is 9.53 Å². The minimum absolute atomic E-state index is 0.166. The third-order valence-electron chi connectivity index (χ3n) is 2.61. The van der Waals surface area contributed by atoms with Gasteiger partial charge in [-0.1, -0.05) is 0 Å². The monoisotopic (exact) mass is 263 g/mol. The van der Waals surface area contributed by atoms with E-state index in [-0.39, 0.29) is 12.8 Å². The van der Waals surface area contributed by atoms with Gasteiger partial charge in [0.15, 0.2) is 11.5 Å². The van der Waals surface area contributed by atoms with Crippen molar-refractivity contribution in [2.24, 2.45) is 4.99 Å². The van der Waals surface area contributed by atoms with Gasteiger partial charge in [0.2, 0.25) is 6.79 Å². The van der Waals surface area contributed by atoms with Crippen LogP contribution >= 0.6 is 0 Å². The lowest BCUT2D eigenvalue weighted by atomic mass is 10.2. The molecule has 0 fully saturated rings. The second-order valence-corrected chi connectivity index (χ2v) is 4.06. The molecule has 1 heterocycles. The summed E-state index contributed by atoms with van der Waals surface area (Å²) in [5.74, 6) is 1.34. The average molecular weight is 263 g/mol. The molecule has 5 nitrogen and oxygen atoms in total.